The lowest BCUT2D eigenvalue weighted by Crippen LogP contribution is -2.19. The Morgan fingerprint density at radius 2 is 2.00 bits per heavy atom. The average molecular weight is 268 g/mol. The van der Waals surface area contributed by atoms with E-state index in [0.717, 1.165) is 7.11 Å². The van der Waals surface area contributed by atoms with Gasteiger partial charge in [0.2, 0.25) is 0 Å². The molecule has 0 fully saturated rings. The van der Waals surface area contributed by atoms with Crippen LogP contribution >= 0.6 is 0 Å². The van der Waals surface area contributed by atoms with E-state index in [1.807, 2.05) is 0 Å². The maximum absolute atomic E-state index is 12.5. The van der Waals surface area contributed by atoms with Gasteiger partial charge in [0, 0.05) is 0 Å². The molecule has 0 saturated carbocycles. The first-order valence-corrected chi connectivity index (χ1v) is 4.31. The molecular formula is C9H5F5N2O2. The first-order valence-electron chi connectivity index (χ1n) is 4.31. The fourth-order valence-electron chi connectivity index (χ4n) is 1.08. The lowest BCUT2D eigenvalue weighted by molar-refractivity contribution is -0.276. The van der Waals surface area contributed by atoms with Gasteiger partial charge in [-0.3, -0.25) is 0 Å². The Morgan fingerprint density at radius 3 is 2.39 bits per heavy atom. The summed E-state index contributed by atoms with van der Waals surface area (Å²) in [6, 6.07) is 1.84. The Kier molecular flexibility index (Phi) is 3.90. The summed E-state index contributed by atoms with van der Waals surface area (Å²) < 4.78 is 68.9. The molecular weight excluding hydrogens is 263 g/mol. The number of pyridine rings is 1. The zero-order chi connectivity index (χ0) is 13.9. The third-order valence-electron chi connectivity index (χ3n) is 1.76. The van der Waals surface area contributed by atoms with Crippen LogP contribution in [-0.4, -0.2) is 18.5 Å². The second-order valence-corrected chi connectivity index (χ2v) is 2.89. The van der Waals surface area contributed by atoms with E-state index in [-0.39, 0.29) is 0 Å². The van der Waals surface area contributed by atoms with Gasteiger partial charge in [-0.2, -0.15) is 10.2 Å². The summed E-state index contributed by atoms with van der Waals surface area (Å²) in [4.78, 5) is 3.06. The number of halogens is 5. The maximum Gasteiger partial charge on any atom is 0.574 e. The molecule has 1 aromatic rings. The van der Waals surface area contributed by atoms with Gasteiger partial charge in [0.1, 0.15) is 6.07 Å². The molecule has 1 heterocycles. The molecule has 9 heteroatoms. The molecule has 0 aromatic carbocycles. The number of alkyl halides is 5. The highest BCUT2D eigenvalue weighted by atomic mass is 19.4. The average Bonchev–Trinajstić information content (AvgIpc) is 2.25. The van der Waals surface area contributed by atoms with Crippen molar-refractivity contribution in [1.82, 2.24) is 4.98 Å². The van der Waals surface area contributed by atoms with Crippen LogP contribution in [0.4, 0.5) is 22.0 Å². The molecule has 1 rings (SSSR count). The van der Waals surface area contributed by atoms with E-state index in [1.165, 1.54) is 6.07 Å². The minimum absolute atomic E-state index is 0.581. The van der Waals surface area contributed by atoms with Crippen LogP contribution in [0.15, 0.2) is 6.07 Å². The van der Waals surface area contributed by atoms with Gasteiger partial charge < -0.3 is 9.47 Å². The van der Waals surface area contributed by atoms with Crippen LogP contribution in [0, 0.1) is 11.3 Å². The predicted octanol–water partition coefficient (Wildman–Crippen LogP) is 2.80. The Bertz CT molecular complexity index is 481. The molecule has 0 bridgehead atoms. The summed E-state index contributed by atoms with van der Waals surface area (Å²) in [6.45, 7) is 0. The van der Waals surface area contributed by atoms with Crippen molar-refractivity contribution >= 4 is 0 Å². The van der Waals surface area contributed by atoms with Gasteiger partial charge in [-0.1, -0.05) is 0 Å². The Balaban J connectivity index is 3.32. The van der Waals surface area contributed by atoms with Crippen molar-refractivity contribution in [2.75, 3.05) is 7.11 Å². The Hall–Kier alpha value is -2.11. The molecule has 0 amide bonds. The third-order valence-corrected chi connectivity index (χ3v) is 1.76. The van der Waals surface area contributed by atoms with E-state index in [9.17, 15) is 22.0 Å². The smallest absolute Gasteiger partial charge is 0.491 e. The van der Waals surface area contributed by atoms with Crippen molar-refractivity contribution < 1.29 is 31.4 Å². The van der Waals surface area contributed by atoms with Crippen LogP contribution in [0.3, 0.4) is 0 Å². The molecule has 4 nitrogen and oxygen atoms in total. The molecule has 1 aromatic heterocycles. The molecule has 98 valence electrons. The van der Waals surface area contributed by atoms with E-state index >= 15 is 0 Å². The summed E-state index contributed by atoms with van der Waals surface area (Å²) in [6.07, 6.45) is -8.14. The monoisotopic (exact) mass is 268 g/mol. The Morgan fingerprint density at radius 1 is 1.39 bits per heavy atom. The van der Waals surface area contributed by atoms with Gasteiger partial charge in [0.05, 0.1) is 12.7 Å². The normalized spacial score (nSPS) is 11.2. The van der Waals surface area contributed by atoms with Gasteiger partial charge in [0.25, 0.3) is 12.3 Å². The zero-order valence-electron chi connectivity index (χ0n) is 8.76. The first kappa shape index (κ1) is 14.0. The van der Waals surface area contributed by atoms with Crippen molar-refractivity contribution in [3.63, 3.8) is 0 Å². The van der Waals surface area contributed by atoms with E-state index < -0.39 is 35.7 Å². The van der Waals surface area contributed by atoms with Gasteiger partial charge in [-0.25, -0.2) is 8.78 Å². The lowest BCUT2D eigenvalue weighted by Gasteiger charge is -2.13. The fourth-order valence-corrected chi connectivity index (χ4v) is 1.08. The van der Waals surface area contributed by atoms with E-state index in [2.05, 4.69) is 14.5 Å². The van der Waals surface area contributed by atoms with Crippen molar-refractivity contribution in [2.45, 2.75) is 12.8 Å². The second-order valence-electron chi connectivity index (χ2n) is 2.89. The van der Waals surface area contributed by atoms with E-state index in [0.29, 0.717) is 6.07 Å². The number of aromatic nitrogens is 1. The summed E-state index contributed by atoms with van der Waals surface area (Å²) >= 11 is 0. The summed E-state index contributed by atoms with van der Waals surface area (Å²) in [5.41, 5.74) is -1.69. The fraction of sp³-hybridized carbons (Fsp3) is 0.333. The number of nitriles is 1. The first-order chi connectivity index (χ1) is 8.28. The van der Waals surface area contributed by atoms with Crippen LogP contribution < -0.4 is 9.47 Å². The molecule has 0 aliphatic heterocycles. The maximum atomic E-state index is 12.5. The highest BCUT2D eigenvalue weighted by Crippen LogP contribution is 2.34. The Labute approximate surface area is 97.6 Å². The number of hydrogen-bond acceptors (Lipinski definition) is 4. The molecule has 18 heavy (non-hydrogen) atoms. The van der Waals surface area contributed by atoms with Crippen molar-refractivity contribution in [2.24, 2.45) is 0 Å². The van der Waals surface area contributed by atoms with Crippen LogP contribution in [0.2, 0.25) is 0 Å². The molecule has 0 saturated heterocycles. The number of nitrogens with zero attached hydrogens (tertiary/aromatic N) is 2. The molecule has 0 radical (unpaired) electrons. The molecule has 0 N–H and O–H groups in total. The SMILES string of the molecule is COc1cc(C(F)F)c(C#N)nc1OC(F)(F)F. The third kappa shape index (κ3) is 3.19. The van der Waals surface area contributed by atoms with Gasteiger partial charge in [-0.15, -0.1) is 13.2 Å². The zero-order valence-corrected chi connectivity index (χ0v) is 8.76. The quantitative estimate of drug-likeness (QED) is 0.791. The molecule has 0 aliphatic rings. The highest BCUT2D eigenvalue weighted by Gasteiger charge is 2.34. The highest BCUT2D eigenvalue weighted by molar-refractivity contribution is 5.44. The van der Waals surface area contributed by atoms with Crippen LogP contribution in [0.1, 0.15) is 17.7 Å². The van der Waals surface area contributed by atoms with Crippen LogP contribution in [-0.2, 0) is 0 Å². The van der Waals surface area contributed by atoms with Crippen molar-refractivity contribution in [1.29, 1.82) is 5.26 Å². The predicted molar refractivity (Wildman–Crippen MR) is 47.1 cm³/mol. The largest absolute Gasteiger partial charge is 0.574 e. The standard InChI is InChI=1S/C9H5F5N2O2/c1-17-6-2-4(7(10)11)5(3-15)16-8(6)18-9(12,13)14/h2,7H,1H3. The van der Waals surface area contributed by atoms with Crippen molar-refractivity contribution in [3.8, 4) is 17.7 Å². The van der Waals surface area contributed by atoms with E-state index in [1.54, 1.807) is 0 Å². The molecule has 0 unspecified atom stereocenters. The second kappa shape index (κ2) is 5.03. The van der Waals surface area contributed by atoms with Gasteiger partial charge >= 0.3 is 6.36 Å². The van der Waals surface area contributed by atoms with Crippen LogP contribution in [0.5, 0.6) is 11.6 Å². The van der Waals surface area contributed by atoms with Crippen LogP contribution in [0.25, 0.3) is 0 Å². The lowest BCUT2D eigenvalue weighted by atomic mass is 10.2. The van der Waals surface area contributed by atoms with E-state index in [4.69, 9.17) is 5.26 Å². The molecule has 0 aliphatic carbocycles. The number of hydrogen-bond donors (Lipinski definition) is 0. The van der Waals surface area contributed by atoms with Gasteiger partial charge in [-0.05, 0) is 6.07 Å². The van der Waals surface area contributed by atoms with Crippen molar-refractivity contribution in [3.05, 3.63) is 17.3 Å². The topological polar surface area (TPSA) is 55.1 Å². The summed E-state index contributed by atoms with van der Waals surface area (Å²) in [5.74, 6) is -1.73. The minimum Gasteiger partial charge on any atom is -0.491 e. The number of ether oxygens (including phenoxy) is 2. The van der Waals surface area contributed by atoms with Gasteiger partial charge in [0.15, 0.2) is 11.4 Å². The number of rotatable bonds is 3. The summed E-state index contributed by atoms with van der Waals surface area (Å²) in [7, 11) is 0.960. The summed E-state index contributed by atoms with van der Waals surface area (Å²) in [5, 5.41) is 8.53. The minimum atomic E-state index is -5.07. The number of methoxy groups -OCH3 is 1. The molecule has 0 atom stereocenters. The molecule has 0 spiro atoms.